The first-order valence-corrected chi connectivity index (χ1v) is 11.2. The number of benzene rings is 2. The Bertz CT molecular complexity index is 1050. The average Bonchev–Trinajstić information content (AvgIpc) is 3.18. The number of rotatable bonds is 8. The number of amides is 1. The van der Waals surface area contributed by atoms with Crippen LogP contribution in [0, 0.1) is 0 Å². The van der Waals surface area contributed by atoms with Gasteiger partial charge in [0.15, 0.2) is 0 Å². The molecule has 0 bridgehead atoms. The highest BCUT2D eigenvalue weighted by atomic mass is 31.0. The number of hydrogen-bond donors (Lipinski definition) is 2. The van der Waals surface area contributed by atoms with Crippen molar-refractivity contribution >= 4 is 26.9 Å². The maximum atomic E-state index is 12.5. The van der Waals surface area contributed by atoms with Gasteiger partial charge in [-0.15, -0.1) is 9.24 Å². The quantitative estimate of drug-likeness (QED) is 0.383. The number of nitrogens with one attached hydrogen (secondary N) is 1. The van der Waals surface area contributed by atoms with Crippen molar-refractivity contribution in [2.24, 2.45) is 12.8 Å². The van der Waals surface area contributed by atoms with Crippen molar-refractivity contribution in [3.63, 3.8) is 0 Å². The molecule has 5 nitrogen and oxygen atoms in total. The van der Waals surface area contributed by atoms with Crippen LogP contribution < -0.4 is 11.1 Å². The van der Waals surface area contributed by atoms with Crippen LogP contribution in [0.2, 0.25) is 0 Å². The SMILES string of the molecule is CCC(P)(CC)c1ccc(NC(=O)/C=C/c2cnn(C)c2-c2ccc(CN)cc2)cc1. The molecule has 2 aromatic carbocycles. The number of carbonyl (C=O) groups is 1. The van der Waals surface area contributed by atoms with Crippen LogP contribution in [0.5, 0.6) is 0 Å². The Morgan fingerprint density at radius 1 is 1.13 bits per heavy atom. The highest BCUT2D eigenvalue weighted by molar-refractivity contribution is 7.18. The van der Waals surface area contributed by atoms with Gasteiger partial charge in [0.2, 0.25) is 5.91 Å². The minimum Gasteiger partial charge on any atom is -0.326 e. The molecule has 31 heavy (non-hydrogen) atoms. The molecular weight excluding hydrogens is 403 g/mol. The summed E-state index contributed by atoms with van der Waals surface area (Å²) in [6, 6.07) is 16.2. The second-order valence-corrected chi connectivity index (χ2v) is 8.84. The van der Waals surface area contributed by atoms with Crippen molar-refractivity contribution in [3.05, 3.63) is 77.5 Å². The Labute approximate surface area is 186 Å². The van der Waals surface area contributed by atoms with E-state index in [2.05, 4.69) is 45.6 Å². The number of carbonyl (C=O) groups excluding carboxylic acids is 1. The zero-order valence-electron chi connectivity index (χ0n) is 18.4. The Kier molecular flexibility index (Phi) is 7.42. The second kappa shape index (κ2) is 10.0. The number of nitrogens with zero attached hydrogens (tertiary/aromatic N) is 2. The largest absolute Gasteiger partial charge is 0.326 e. The highest BCUT2D eigenvalue weighted by Crippen LogP contribution is 2.38. The van der Waals surface area contributed by atoms with E-state index >= 15 is 0 Å². The van der Waals surface area contributed by atoms with Gasteiger partial charge >= 0.3 is 0 Å². The van der Waals surface area contributed by atoms with Crippen LogP contribution in [-0.4, -0.2) is 15.7 Å². The predicted octanol–water partition coefficient (Wildman–Crippen LogP) is 5.09. The van der Waals surface area contributed by atoms with Gasteiger partial charge in [0.05, 0.1) is 11.9 Å². The molecule has 3 aromatic rings. The minimum atomic E-state index is -0.177. The molecule has 0 saturated heterocycles. The van der Waals surface area contributed by atoms with Crippen LogP contribution in [0.15, 0.2) is 60.8 Å². The summed E-state index contributed by atoms with van der Waals surface area (Å²) >= 11 is 0. The molecule has 1 amide bonds. The summed E-state index contributed by atoms with van der Waals surface area (Å²) in [4.78, 5) is 12.5. The molecule has 3 rings (SSSR count). The van der Waals surface area contributed by atoms with Gasteiger partial charge in [-0.2, -0.15) is 5.10 Å². The molecule has 1 heterocycles. The van der Waals surface area contributed by atoms with E-state index in [1.54, 1.807) is 18.3 Å². The van der Waals surface area contributed by atoms with Crippen LogP contribution in [0.25, 0.3) is 17.3 Å². The molecule has 1 unspecified atom stereocenters. The number of hydrogen-bond acceptors (Lipinski definition) is 3. The van der Waals surface area contributed by atoms with E-state index < -0.39 is 0 Å². The third kappa shape index (κ3) is 5.30. The monoisotopic (exact) mass is 434 g/mol. The molecule has 6 heteroatoms. The van der Waals surface area contributed by atoms with Gasteiger partial charge in [-0.05, 0) is 42.2 Å². The van der Waals surface area contributed by atoms with E-state index in [1.165, 1.54) is 5.56 Å². The van der Waals surface area contributed by atoms with Crippen LogP contribution in [0.3, 0.4) is 0 Å². The molecule has 0 spiro atoms. The van der Waals surface area contributed by atoms with Gasteiger partial charge in [-0.3, -0.25) is 9.48 Å². The molecule has 0 saturated carbocycles. The Balaban J connectivity index is 1.72. The number of aromatic nitrogens is 2. The fourth-order valence-electron chi connectivity index (χ4n) is 3.62. The van der Waals surface area contributed by atoms with Crippen LogP contribution in [0.4, 0.5) is 5.69 Å². The smallest absolute Gasteiger partial charge is 0.248 e. The second-order valence-electron chi connectivity index (χ2n) is 7.74. The normalized spacial score (nSPS) is 11.8. The summed E-state index contributed by atoms with van der Waals surface area (Å²) < 4.78 is 1.81. The zero-order valence-corrected chi connectivity index (χ0v) is 19.6. The maximum absolute atomic E-state index is 12.5. The van der Waals surface area contributed by atoms with Crippen molar-refractivity contribution in [2.75, 3.05) is 5.32 Å². The molecule has 0 aliphatic heterocycles. The van der Waals surface area contributed by atoms with Crippen molar-refractivity contribution in [3.8, 4) is 11.3 Å². The zero-order chi connectivity index (χ0) is 22.4. The lowest BCUT2D eigenvalue weighted by atomic mass is 9.92. The number of aryl methyl sites for hydroxylation is 1. The third-order valence-corrected chi connectivity index (χ3v) is 6.98. The van der Waals surface area contributed by atoms with Crippen LogP contribution in [-0.2, 0) is 23.5 Å². The van der Waals surface area contributed by atoms with Gasteiger partial charge in [-0.1, -0.05) is 50.2 Å². The summed E-state index contributed by atoms with van der Waals surface area (Å²) in [7, 11) is 4.86. The Morgan fingerprint density at radius 3 is 2.35 bits per heavy atom. The summed E-state index contributed by atoms with van der Waals surface area (Å²) in [6.07, 6.45) is 7.19. The molecular formula is C25H31N4OP. The molecule has 162 valence electrons. The third-order valence-electron chi connectivity index (χ3n) is 5.83. The van der Waals surface area contributed by atoms with E-state index in [9.17, 15) is 4.79 Å². The van der Waals surface area contributed by atoms with Gasteiger partial charge in [0, 0.05) is 41.6 Å². The fourth-order valence-corrected chi connectivity index (χ4v) is 3.81. The van der Waals surface area contributed by atoms with Crippen LogP contribution >= 0.6 is 9.24 Å². The highest BCUT2D eigenvalue weighted by Gasteiger charge is 2.22. The van der Waals surface area contributed by atoms with Gasteiger partial charge in [-0.25, -0.2) is 0 Å². The summed E-state index contributed by atoms with van der Waals surface area (Å²) in [5.74, 6) is -0.177. The van der Waals surface area contributed by atoms with E-state index in [0.29, 0.717) is 6.54 Å². The van der Waals surface area contributed by atoms with Crippen molar-refractivity contribution < 1.29 is 4.79 Å². The van der Waals surface area contributed by atoms with Crippen molar-refractivity contribution in [1.29, 1.82) is 0 Å². The lowest BCUT2D eigenvalue weighted by Gasteiger charge is -2.27. The van der Waals surface area contributed by atoms with Gasteiger partial charge in [0.1, 0.15) is 0 Å². The topological polar surface area (TPSA) is 72.9 Å². The molecule has 0 aliphatic rings. The molecule has 1 aromatic heterocycles. The first kappa shape index (κ1) is 22.9. The van der Waals surface area contributed by atoms with E-state index in [-0.39, 0.29) is 11.1 Å². The number of nitrogens with two attached hydrogens (primary N) is 1. The van der Waals surface area contributed by atoms with Crippen molar-refractivity contribution in [2.45, 2.75) is 38.4 Å². The minimum absolute atomic E-state index is 0.0848. The molecule has 0 radical (unpaired) electrons. The Hall–Kier alpha value is -2.75. The summed E-state index contributed by atoms with van der Waals surface area (Å²) in [6.45, 7) is 4.89. The first-order valence-electron chi connectivity index (χ1n) is 10.6. The standard InChI is InChI=1S/C25H31N4OP/c1-4-25(31,5-2)21-11-13-22(14-12-21)28-23(30)15-10-20-17-27-29(3)24(20)19-8-6-18(16-26)7-9-19/h6-15,17H,4-5,16,26,31H2,1-3H3,(H,28,30)/b15-10+. The molecule has 3 N–H and O–H groups in total. The molecule has 0 fully saturated rings. The lowest BCUT2D eigenvalue weighted by Crippen LogP contribution is -2.15. The van der Waals surface area contributed by atoms with Crippen molar-refractivity contribution in [1.82, 2.24) is 9.78 Å². The number of anilines is 1. The molecule has 0 aliphatic carbocycles. The van der Waals surface area contributed by atoms with E-state index in [1.807, 2.05) is 48.1 Å². The lowest BCUT2D eigenvalue weighted by molar-refractivity contribution is -0.111. The van der Waals surface area contributed by atoms with Crippen LogP contribution in [0.1, 0.15) is 43.4 Å². The summed E-state index contributed by atoms with van der Waals surface area (Å²) in [5.41, 5.74) is 11.7. The average molecular weight is 435 g/mol. The van der Waals surface area contributed by atoms with Gasteiger partial charge in [0.25, 0.3) is 0 Å². The predicted molar refractivity (Wildman–Crippen MR) is 133 cm³/mol. The first-order chi connectivity index (χ1) is 14.9. The maximum Gasteiger partial charge on any atom is 0.248 e. The van der Waals surface area contributed by atoms with Gasteiger partial charge < -0.3 is 11.1 Å². The molecule has 1 atom stereocenters. The summed E-state index contributed by atoms with van der Waals surface area (Å²) in [5, 5.41) is 7.37. The fraction of sp³-hybridized carbons (Fsp3) is 0.280. The van der Waals surface area contributed by atoms with E-state index in [4.69, 9.17) is 5.73 Å². The van der Waals surface area contributed by atoms with E-state index in [0.717, 1.165) is 40.9 Å². The Morgan fingerprint density at radius 2 is 1.77 bits per heavy atom.